The number of carboxylic acid groups (broad SMARTS) is 1. The third kappa shape index (κ3) is 3.61. The molecular formula is C18H23FN2O4. The van der Waals surface area contributed by atoms with Crippen molar-refractivity contribution >= 4 is 11.9 Å². The van der Waals surface area contributed by atoms with Gasteiger partial charge in [0, 0.05) is 19.1 Å². The number of carbonyl (C=O) groups is 2. The SMILES string of the molecule is COc1ccc([C@H](C(=O)O)N2CCN(C3CCCC3)C(=O)C2)cc1F. The zero-order valence-electron chi connectivity index (χ0n) is 14.3. The minimum Gasteiger partial charge on any atom is -0.494 e. The van der Waals surface area contributed by atoms with Gasteiger partial charge in [-0.15, -0.1) is 0 Å². The van der Waals surface area contributed by atoms with Crippen LogP contribution in [0, 0.1) is 5.82 Å². The van der Waals surface area contributed by atoms with Crippen LogP contribution in [0.4, 0.5) is 4.39 Å². The second kappa shape index (κ2) is 7.39. The summed E-state index contributed by atoms with van der Waals surface area (Å²) in [6, 6.07) is 3.36. The average molecular weight is 350 g/mol. The maximum absolute atomic E-state index is 14.0. The molecule has 1 heterocycles. The van der Waals surface area contributed by atoms with Crippen molar-refractivity contribution in [1.29, 1.82) is 0 Å². The summed E-state index contributed by atoms with van der Waals surface area (Å²) < 4.78 is 18.8. The van der Waals surface area contributed by atoms with Gasteiger partial charge in [-0.05, 0) is 30.5 Å². The van der Waals surface area contributed by atoms with Crippen LogP contribution in [0.25, 0.3) is 0 Å². The Morgan fingerprint density at radius 2 is 2.04 bits per heavy atom. The minimum atomic E-state index is -1.09. The predicted octanol–water partition coefficient (Wildman–Crippen LogP) is 2.05. The zero-order valence-corrected chi connectivity index (χ0v) is 14.3. The number of benzene rings is 1. The van der Waals surface area contributed by atoms with E-state index in [1.54, 1.807) is 4.90 Å². The van der Waals surface area contributed by atoms with Crippen LogP contribution in [-0.2, 0) is 9.59 Å². The number of carbonyl (C=O) groups excluding carboxylic acids is 1. The van der Waals surface area contributed by atoms with E-state index in [1.165, 1.54) is 25.3 Å². The van der Waals surface area contributed by atoms with Crippen molar-refractivity contribution in [1.82, 2.24) is 9.80 Å². The van der Waals surface area contributed by atoms with Crippen molar-refractivity contribution in [3.63, 3.8) is 0 Å². The van der Waals surface area contributed by atoms with Crippen LogP contribution >= 0.6 is 0 Å². The Balaban J connectivity index is 1.77. The Morgan fingerprint density at radius 1 is 1.32 bits per heavy atom. The molecule has 2 aliphatic rings. The lowest BCUT2D eigenvalue weighted by atomic mass is 10.0. The summed E-state index contributed by atoms with van der Waals surface area (Å²) in [6.45, 7) is 1.03. The number of aliphatic carboxylic acids is 1. The first-order valence-electron chi connectivity index (χ1n) is 8.61. The van der Waals surface area contributed by atoms with Crippen LogP contribution < -0.4 is 4.74 Å². The van der Waals surface area contributed by atoms with Crippen molar-refractivity contribution in [3.8, 4) is 5.75 Å². The summed E-state index contributed by atoms with van der Waals surface area (Å²) in [4.78, 5) is 27.8. The Bertz CT molecular complexity index is 660. The molecule has 0 spiro atoms. The van der Waals surface area contributed by atoms with Gasteiger partial charge in [-0.1, -0.05) is 18.9 Å². The molecule has 6 nitrogen and oxygen atoms in total. The number of hydrogen-bond donors (Lipinski definition) is 1. The van der Waals surface area contributed by atoms with E-state index in [4.69, 9.17) is 4.74 Å². The van der Waals surface area contributed by atoms with Crippen LogP contribution in [-0.4, -0.2) is 59.6 Å². The molecule has 0 aromatic heterocycles. The van der Waals surface area contributed by atoms with Crippen LogP contribution in [0.3, 0.4) is 0 Å². The minimum absolute atomic E-state index is 0.0428. The van der Waals surface area contributed by atoms with E-state index in [0.29, 0.717) is 18.7 Å². The van der Waals surface area contributed by atoms with Gasteiger partial charge in [0.15, 0.2) is 11.6 Å². The highest BCUT2D eigenvalue weighted by molar-refractivity contribution is 5.82. The van der Waals surface area contributed by atoms with Gasteiger partial charge in [0.25, 0.3) is 0 Å². The fourth-order valence-electron chi connectivity index (χ4n) is 3.89. The van der Waals surface area contributed by atoms with Gasteiger partial charge in [-0.3, -0.25) is 14.5 Å². The monoisotopic (exact) mass is 350 g/mol. The third-order valence-corrected chi connectivity index (χ3v) is 5.14. The molecule has 25 heavy (non-hydrogen) atoms. The first-order valence-corrected chi connectivity index (χ1v) is 8.61. The number of methoxy groups -OCH3 is 1. The Morgan fingerprint density at radius 3 is 2.60 bits per heavy atom. The molecule has 3 rings (SSSR count). The summed E-state index contributed by atoms with van der Waals surface area (Å²) in [6.07, 6.45) is 4.33. The molecule has 1 N–H and O–H groups in total. The van der Waals surface area contributed by atoms with E-state index < -0.39 is 17.8 Å². The van der Waals surface area contributed by atoms with Crippen LogP contribution in [0.1, 0.15) is 37.3 Å². The number of halogens is 1. The number of nitrogens with zero attached hydrogens (tertiary/aromatic N) is 2. The second-order valence-electron chi connectivity index (χ2n) is 6.63. The quantitative estimate of drug-likeness (QED) is 0.880. The van der Waals surface area contributed by atoms with Gasteiger partial charge in [0.2, 0.25) is 5.91 Å². The Kier molecular flexibility index (Phi) is 5.22. The molecule has 1 saturated carbocycles. The molecule has 1 aliphatic heterocycles. The largest absolute Gasteiger partial charge is 0.494 e. The van der Waals surface area contributed by atoms with E-state index in [0.717, 1.165) is 25.7 Å². The standard InChI is InChI=1S/C18H23FN2O4/c1-25-15-7-6-12(10-14(15)19)17(18(23)24)20-8-9-21(16(22)11-20)13-4-2-3-5-13/h6-7,10,13,17H,2-5,8-9,11H2,1H3,(H,23,24)/t17-/m1/s1. The van der Waals surface area contributed by atoms with Crippen molar-refractivity contribution in [2.75, 3.05) is 26.7 Å². The average Bonchev–Trinajstić information content (AvgIpc) is 3.09. The summed E-state index contributed by atoms with van der Waals surface area (Å²) >= 11 is 0. The van der Waals surface area contributed by atoms with E-state index >= 15 is 0 Å². The lowest BCUT2D eigenvalue weighted by Crippen LogP contribution is -2.55. The normalized spacial score (nSPS) is 20.7. The first kappa shape index (κ1) is 17.7. The van der Waals surface area contributed by atoms with Crippen molar-refractivity contribution in [2.45, 2.75) is 37.8 Å². The highest BCUT2D eigenvalue weighted by atomic mass is 19.1. The summed E-state index contributed by atoms with van der Waals surface area (Å²) in [5.41, 5.74) is 0.313. The lowest BCUT2D eigenvalue weighted by Gasteiger charge is -2.40. The first-order chi connectivity index (χ1) is 12.0. The number of carboxylic acids is 1. The lowest BCUT2D eigenvalue weighted by molar-refractivity contribution is -0.148. The molecule has 136 valence electrons. The van der Waals surface area contributed by atoms with Gasteiger partial charge in [-0.2, -0.15) is 0 Å². The van der Waals surface area contributed by atoms with Crippen LogP contribution in [0.15, 0.2) is 18.2 Å². The van der Waals surface area contributed by atoms with E-state index in [2.05, 4.69) is 0 Å². The Hall–Kier alpha value is -2.15. The number of amides is 1. The topological polar surface area (TPSA) is 70.1 Å². The molecule has 1 amide bonds. The highest BCUT2D eigenvalue weighted by Gasteiger charge is 2.37. The van der Waals surface area contributed by atoms with Crippen LogP contribution in [0.2, 0.25) is 0 Å². The molecule has 1 atom stereocenters. The van der Waals surface area contributed by atoms with Gasteiger partial charge in [-0.25, -0.2) is 4.39 Å². The number of rotatable bonds is 5. The molecule has 1 aliphatic carbocycles. The van der Waals surface area contributed by atoms with Gasteiger partial charge in [0.05, 0.1) is 13.7 Å². The zero-order chi connectivity index (χ0) is 18.0. The van der Waals surface area contributed by atoms with Gasteiger partial charge in [0.1, 0.15) is 6.04 Å². The molecule has 1 saturated heterocycles. The molecule has 7 heteroatoms. The summed E-state index contributed by atoms with van der Waals surface area (Å²) in [7, 11) is 1.35. The molecule has 0 radical (unpaired) electrons. The summed E-state index contributed by atoms with van der Waals surface area (Å²) in [5, 5.41) is 9.64. The fraction of sp³-hybridized carbons (Fsp3) is 0.556. The van der Waals surface area contributed by atoms with E-state index in [9.17, 15) is 19.1 Å². The van der Waals surface area contributed by atoms with E-state index in [-0.39, 0.29) is 24.2 Å². The fourth-order valence-corrected chi connectivity index (χ4v) is 3.89. The molecule has 1 aromatic rings. The maximum Gasteiger partial charge on any atom is 0.325 e. The molecule has 2 fully saturated rings. The van der Waals surface area contributed by atoms with Crippen molar-refractivity contribution < 1.29 is 23.8 Å². The Labute approximate surface area is 146 Å². The van der Waals surface area contributed by atoms with Crippen molar-refractivity contribution in [2.24, 2.45) is 0 Å². The number of piperazine rings is 1. The summed E-state index contributed by atoms with van der Waals surface area (Å²) in [5.74, 6) is -1.68. The molecule has 1 aromatic carbocycles. The number of hydrogen-bond acceptors (Lipinski definition) is 4. The van der Waals surface area contributed by atoms with Gasteiger partial charge >= 0.3 is 5.97 Å². The van der Waals surface area contributed by atoms with Gasteiger partial charge < -0.3 is 14.7 Å². The maximum atomic E-state index is 14.0. The van der Waals surface area contributed by atoms with Crippen LogP contribution in [0.5, 0.6) is 5.75 Å². The molecule has 0 unspecified atom stereocenters. The van der Waals surface area contributed by atoms with E-state index in [1.807, 2.05) is 4.90 Å². The second-order valence-corrected chi connectivity index (χ2v) is 6.63. The predicted molar refractivity (Wildman–Crippen MR) is 88.9 cm³/mol. The highest BCUT2D eigenvalue weighted by Crippen LogP contribution is 2.29. The molecular weight excluding hydrogens is 327 g/mol. The molecule has 0 bridgehead atoms. The number of ether oxygens (including phenoxy) is 1. The third-order valence-electron chi connectivity index (χ3n) is 5.14. The van der Waals surface area contributed by atoms with Crippen molar-refractivity contribution in [3.05, 3.63) is 29.6 Å². The smallest absolute Gasteiger partial charge is 0.325 e.